The molecule has 0 aliphatic carbocycles. The molecule has 0 unspecified atom stereocenters. The maximum Gasteiger partial charge on any atom is 0.304 e. The monoisotopic (exact) mass is 608 g/mol. The van der Waals surface area contributed by atoms with Crippen LogP contribution in [0.15, 0.2) is 72.8 Å². The second kappa shape index (κ2) is 13.9. The number of rotatable bonds is 12. The van der Waals surface area contributed by atoms with Crippen molar-refractivity contribution in [3.63, 3.8) is 0 Å². The lowest BCUT2D eigenvalue weighted by molar-refractivity contribution is -0.140. The van der Waals surface area contributed by atoms with Gasteiger partial charge in [0.25, 0.3) is 0 Å². The first-order valence-electron chi connectivity index (χ1n) is 12.4. The van der Waals surface area contributed by atoms with E-state index in [9.17, 15) is 22.4 Å². The van der Waals surface area contributed by atoms with Crippen LogP contribution >= 0.6 is 23.2 Å². The predicted molar refractivity (Wildman–Crippen MR) is 156 cm³/mol. The lowest BCUT2D eigenvalue weighted by atomic mass is 10.0. The lowest BCUT2D eigenvalue weighted by Gasteiger charge is -2.34. The molecule has 0 aliphatic rings. The summed E-state index contributed by atoms with van der Waals surface area (Å²) < 4.78 is 42.1. The van der Waals surface area contributed by atoms with Gasteiger partial charge in [-0.05, 0) is 54.4 Å². The first kappa shape index (κ1) is 31.3. The van der Waals surface area contributed by atoms with Gasteiger partial charge in [-0.1, -0.05) is 59.6 Å². The molecule has 12 heteroatoms. The lowest BCUT2D eigenvalue weighted by Crippen LogP contribution is -2.54. The van der Waals surface area contributed by atoms with Gasteiger partial charge in [-0.3, -0.25) is 9.59 Å². The van der Waals surface area contributed by atoms with Crippen molar-refractivity contribution in [3.8, 4) is 0 Å². The highest BCUT2D eigenvalue weighted by atomic mass is 35.5. The molecule has 40 heavy (non-hydrogen) atoms. The fraction of sp³-hybridized carbons (Fsp3) is 0.286. The fourth-order valence-corrected chi connectivity index (χ4v) is 5.38. The van der Waals surface area contributed by atoms with Crippen LogP contribution in [0.2, 0.25) is 10.0 Å². The normalized spacial score (nSPS) is 12.2. The third kappa shape index (κ3) is 7.94. The van der Waals surface area contributed by atoms with E-state index in [4.69, 9.17) is 23.2 Å². The van der Waals surface area contributed by atoms with Crippen molar-refractivity contribution < 1.29 is 22.4 Å². The zero-order chi connectivity index (χ0) is 29.4. The molecule has 0 spiro atoms. The van der Waals surface area contributed by atoms with Gasteiger partial charge in [0, 0.05) is 33.6 Å². The smallest absolute Gasteiger partial charge is 0.304 e. The molecule has 8 nitrogen and oxygen atoms in total. The molecule has 3 aromatic rings. The number of nitrogens with zero attached hydrogens (tertiary/aromatic N) is 3. The molecule has 0 bridgehead atoms. The maximum atomic E-state index is 14.0. The van der Waals surface area contributed by atoms with E-state index < -0.39 is 40.4 Å². The number of hydrogen-bond acceptors (Lipinski definition) is 4. The number of likely N-dealkylation sites (N-methyl/N-ethyl adjacent to an activating group) is 1. The summed E-state index contributed by atoms with van der Waals surface area (Å²) in [7, 11) is -1.52. The van der Waals surface area contributed by atoms with Crippen molar-refractivity contribution >= 4 is 50.9 Å². The van der Waals surface area contributed by atoms with E-state index in [1.165, 1.54) is 31.1 Å². The Morgan fingerprint density at radius 1 is 0.925 bits per heavy atom. The molecule has 0 fully saturated rings. The quantitative estimate of drug-likeness (QED) is 0.327. The molecule has 0 heterocycles. The number of amides is 2. The van der Waals surface area contributed by atoms with E-state index in [1.54, 1.807) is 25.1 Å². The SMILES string of the molecule is CCNC(=O)[C@@H](Cc1ccccc1)N(Cc1ccc(Cl)c(Cl)c1)C(=O)CN(c1ccc(F)cc1)S(=O)(=O)N(C)C. The first-order chi connectivity index (χ1) is 18.9. The zero-order valence-electron chi connectivity index (χ0n) is 22.4. The van der Waals surface area contributed by atoms with Crippen LogP contribution in [0, 0.1) is 5.82 Å². The van der Waals surface area contributed by atoms with Crippen molar-refractivity contribution in [3.05, 3.63) is 99.8 Å². The van der Waals surface area contributed by atoms with Crippen molar-refractivity contribution in [1.29, 1.82) is 0 Å². The molecule has 1 N–H and O–H groups in total. The summed E-state index contributed by atoms with van der Waals surface area (Å²) in [5.41, 5.74) is 1.49. The second-order valence-electron chi connectivity index (χ2n) is 9.14. The molecule has 0 aromatic heterocycles. The predicted octanol–water partition coefficient (Wildman–Crippen LogP) is 4.52. The zero-order valence-corrected chi connectivity index (χ0v) is 24.7. The molecule has 2 amide bonds. The van der Waals surface area contributed by atoms with E-state index >= 15 is 0 Å². The molecule has 1 atom stereocenters. The number of hydrogen-bond donors (Lipinski definition) is 1. The summed E-state index contributed by atoms with van der Waals surface area (Å²) in [4.78, 5) is 28.7. The Kier molecular flexibility index (Phi) is 10.9. The van der Waals surface area contributed by atoms with E-state index in [2.05, 4.69) is 5.32 Å². The van der Waals surface area contributed by atoms with Gasteiger partial charge >= 0.3 is 10.2 Å². The van der Waals surface area contributed by atoms with E-state index in [-0.39, 0.29) is 23.7 Å². The van der Waals surface area contributed by atoms with Gasteiger partial charge in [0.1, 0.15) is 18.4 Å². The van der Waals surface area contributed by atoms with Crippen molar-refractivity contribution in [1.82, 2.24) is 14.5 Å². The van der Waals surface area contributed by atoms with Gasteiger partial charge in [0.2, 0.25) is 11.8 Å². The van der Waals surface area contributed by atoms with Gasteiger partial charge in [0.05, 0.1) is 15.7 Å². The third-order valence-electron chi connectivity index (χ3n) is 6.09. The number of carbonyl (C=O) groups is 2. The molecule has 0 radical (unpaired) electrons. The minimum atomic E-state index is -4.18. The number of carbonyl (C=O) groups excluding carboxylic acids is 2. The van der Waals surface area contributed by atoms with Gasteiger partial charge in [0.15, 0.2) is 0 Å². The molecule has 0 aliphatic heterocycles. The molecule has 3 aromatic carbocycles. The highest BCUT2D eigenvalue weighted by molar-refractivity contribution is 7.90. The summed E-state index contributed by atoms with van der Waals surface area (Å²) in [5, 5.41) is 3.38. The average molecular weight is 610 g/mol. The Morgan fingerprint density at radius 2 is 1.57 bits per heavy atom. The summed E-state index contributed by atoms with van der Waals surface area (Å²) in [6.07, 6.45) is 0.177. The minimum absolute atomic E-state index is 0.0520. The highest BCUT2D eigenvalue weighted by Crippen LogP contribution is 2.25. The number of benzene rings is 3. The maximum absolute atomic E-state index is 14.0. The van der Waals surface area contributed by atoms with Crippen LogP contribution in [-0.2, 0) is 32.8 Å². The van der Waals surface area contributed by atoms with Crippen molar-refractivity contribution in [2.24, 2.45) is 0 Å². The van der Waals surface area contributed by atoms with Crippen LogP contribution in [0.4, 0.5) is 10.1 Å². The molecule has 0 saturated carbocycles. The molecular weight excluding hydrogens is 578 g/mol. The molecule has 0 saturated heterocycles. The number of nitrogens with one attached hydrogen (secondary N) is 1. The summed E-state index contributed by atoms with van der Waals surface area (Å²) in [6, 6.07) is 17.8. The van der Waals surface area contributed by atoms with Crippen LogP contribution in [-0.4, -0.2) is 62.7 Å². The third-order valence-corrected chi connectivity index (χ3v) is 8.65. The Morgan fingerprint density at radius 3 is 2.15 bits per heavy atom. The Balaban J connectivity index is 2.09. The van der Waals surface area contributed by atoms with E-state index in [1.807, 2.05) is 30.3 Å². The summed E-state index contributed by atoms with van der Waals surface area (Å²) >= 11 is 12.3. The molecular formula is C28H31Cl2FN4O4S. The molecule has 214 valence electrons. The van der Waals surface area contributed by atoms with Crippen LogP contribution in [0.3, 0.4) is 0 Å². The Bertz CT molecular complexity index is 1420. The Hall–Kier alpha value is -3.18. The first-order valence-corrected chi connectivity index (χ1v) is 14.6. The number of halogens is 3. The summed E-state index contributed by atoms with van der Waals surface area (Å²) in [6.45, 7) is 1.40. The number of anilines is 1. The second-order valence-corrected chi connectivity index (χ2v) is 12.0. The largest absolute Gasteiger partial charge is 0.355 e. The van der Waals surface area contributed by atoms with Gasteiger partial charge in [-0.2, -0.15) is 12.7 Å². The van der Waals surface area contributed by atoms with Crippen LogP contribution < -0.4 is 9.62 Å². The van der Waals surface area contributed by atoms with Gasteiger partial charge in [-0.25, -0.2) is 8.70 Å². The van der Waals surface area contributed by atoms with Crippen molar-refractivity contribution in [2.45, 2.75) is 25.9 Å². The Labute approximate surface area is 244 Å². The standard InChI is InChI=1S/C28H31Cl2FN4O4S/c1-4-32-28(37)26(17-20-8-6-5-7-9-20)34(18-21-10-15-24(29)25(30)16-21)27(36)19-35(40(38,39)33(2)3)23-13-11-22(31)12-14-23/h5-16,26H,4,17-19H2,1-3H3,(H,32,37)/t26-/m1/s1. The van der Waals surface area contributed by atoms with Crippen molar-refractivity contribution in [2.75, 3.05) is 31.5 Å². The van der Waals surface area contributed by atoms with Crippen LogP contribution in [0.5, 0.6) is 0 Å². The summed E-state index contributed by atoms with van der Waals surface area (Å²) in [5.74, 6) is -1.60. The topological polar surface area (TPSA) is 90.0 Å². The van der Waals surface area contributed by atoms with Crippen LogP contribution in [0.25, 0.3) is 0 Å². The van der Waals surface area contributed by atoms with Crippen LogP contribution in [0.1, 0.15) is 18.1 Å². The van der Waals surface area contributed by atoms with E-state index in [0.717, 1.165) is 26.3 Å². The highest BCUT2D eigenvalue weighted by Gasteiger charge is 2.34. The fourth-order valence-electron chi connectivity index (χ4n) is 4.00. The molecule has 3 rings (SSSR count). The minimum Gasteiger partial charge on any atom is -0.355 e. The average Bonchev–Trinajstić information content (AvgIpc) is 2.92. The van der Waals surface area contributed by atoms with E-state index in [0.29, 0.717) is 17.1 Å². The van der Waals surface area contributed by atoms with Gasteiger partial charge < -0.3 is 10.2 Å². The van der Waals surface area contributed by atoms with Gasteiger partial charge in [-0.15, -0.1) is 0 Å².